The molecule has 2 aromatic carbocycles. The molecule has 23 heavy (non-hydrogen) atoms. The van der Waals surface area contributed by atoms with E-state index in [2.05, 4.69) is 14.9 Å². The van der Waals surface area contributed by atoms with Crippen molar-refractivity contribution >= 4 is 21.4 Å². The molecule has 2 rings (SSSR count). The van der Waals surface area contributed by atoms with Gasteiger partial charge < -0.3 is 10.2 Å². The highest BCUT2D eigenvalue weighted by atomic mass is 32.2. The lowest BCUT2D eigenvalue weighted by molar-refractivity contribution is 0.425. The Morgan fingerprint density at radius 3 is 2.04 bits per heavy atom. The van der Waals surface area contributed by atoms with Crippen LogP contribution in [0.4, 0.5) is 11.4 Å². The van der Waals surface area contributed by atoms with Crippen LogP contribution in [-0.4, -0.2) is 40.5 Å². The van der Waals surface area contributed by atoms with Crippen molar-refractivity contribution in [3.8, 4) is 0 Å². The number of aryl methyl sites for hydroxylation is 1. The van der Waals surface area contributed by atoms with E-state index >= 15 is 0 Å². The van der Waals surface area contributed by atoms with E-state index < -0.39 is 10.0 Å². The number of nitrogens with zero attached hydrogens (tertiary/aromatic N) is 1. The van der Waals surface area contributed by atoms with Gasteiger partial charge in [0.15, 0.2) is 0 Å². The molecule has 0 aromatic heterocycles. The highest BCUT2D eigenvalue weighted by Gasteiger charge is 2.13. The van der Waals surface area contributed by atoms with Crippen molar-refractivity contribution in [1.29, 1.82) is 0 Å². The van der Waals surface area contributed by atoms with Gasteiger partial charge in [-0.3, -0.25) is 4.72 Å². The van der Waals surface area contributed by atoms with E-state index in [-0.39, 0.29) is 4.90 Å². The molecule has 0 saturated carbocycles. The summed E-state index contributed by atoms with van der Waals surface area (Å²) in [6, 6.07) is 14.0. The summed E-state index contributed by atoms with van der Waals surface area (Å²) in [6.07, 6.45) is 0. The van der Waals surface area contributed by atoms with Crippen molar-refractivity contribution in [3.05, 3.63) is 54.1 Å². The van der Waals surface area contributed by atoms with Gasteiger partial charge in [-0.05, 0) is 57.4 Å². The number of nitrogens with one attached hydrogen (secondary N) is 2. The second kappa shape index (κ2) is 7.48. The van der Waals surface area contributed by atoms with Gasteiger partial charge in [0.1, 0.15) is 0 Å². The predicted molar refractivity (Wildman–Crippen MR) is 95.5 cm³/mol. The summed E-state index contributed by atoms with van der Waals surface area (Å²) < 4.78 is 27.2. The van der Waals surface area contributed by atoms with Gasteiger partial charge in [-0.15, -0.1) is 0 Å². The number of hydrogen-bond acceptors (Lipinski definition) is 4. The highest BCUT2D eigenvalue weighted by molar-refractivity contribution is 7.92. The summed E-state index contributed by atoms with van der Waals surface area (Å²) in [5.41, 5.74) is 2.53. The SMILES string of the molecule is Cc1ccc(S(=O)(=O)Nc2ccc(NCCN(C)C)cc2)cc1. The molecule has 0 saturated heterocycles. The third kappa shape index (κ3) is 5.26. The average Bonchev–Trinajstić information content (AvgIpc) is 2.49. The van der Waals surface area contributed by atoms with E-state index in [0.29, 0.717) is 5.69 Å². The van der Waals surface area contributed by atoms with Crippen molar-refractivity contribution in [2.45, 2.75) is 11.8 Å². The second-order valence-electron chi connectivity index (χ2n) is 5.73. The fourth-order valence-corrected chi connectivity index (χ4v) is 3.07. The van der Waals surface area contributed by atoms with Crippen LogP contribution in [0.1, 0.15) is 5.56 Å². The maximum atomic E-state index is 12.3. The first kappa shape index (κ1) is 17.3. The molecule has 0 fully saturated rings. The molecule has 0 heterocycles. The van der Waals surface area contributed by atoms with Crippen LogP contribution in [0, 0.1) is 6.92 Å². The van der Waals surface area contributed by atoms with Crippen LogP contribution in [0.25, 0.3) is 0 Å². The summed E-state index contributed by atoms with van der Waals surface area (Å²) in [4.78, 5) is 2.35. The molecule has 0 unspecified atom stereocenters. The maximum absolute atomic E-state index is 12.3. The zero-order valence-corrected chi connectivity index (χ0v) is 14.5. The van der Waals surface area contributed by atoms with Crippen molar-refractivity contribution in [2.75, 3.05) is 37.2 Å². The van der Waals surface area contributed by atoms with Crippen LogP contribution >= 0.6 is 0 Å². The molecule has 6 heteroatoms. The van der Waals surface area contributed by atoms with E-state index in [1.807, 2.05) is 33.2 Å². The van der Waals surface area contributed by atoms with Crippen LogP contribution in [0.3, 0.4) is 0 Å². The maximum Gasteiger partial charge on any atom is 0.261 e. The molecule has 0 aliphatic heterocycles. The molecule has 124 valence electrons. The van der Waals surface area contributed by atoms with Gasteiger partial charge in [0.05, 0.1) is 4.90 Å². The highest BCUT2D eigenvalue weighted by Crippen LogP contribution is 2.18. The lowest BCUT2D eigenvalue weighted by Gasteiger charge is -2.12. The molecule has 0 radical (unpaired) electrons. The van der Waals surface area contributed by atoms with Crippen LogP contribution in [0.15, 0.2) is 53.4 Å². The molecule has 0 aliphatic carbocycles. The molecule has 0 atom stereocenters. The lowest BCUT2D eigenvalue weighted by Crippen LogP contribution is -2.20. The van der Waals surface area contributed by atoms with Gasteiger partial charge in [0.25, 0.3) is 10.0 Å². The average molecular weight is 333 g/mol. The minimum Gasteiger partial charge on any atom is -0.384 e. The van der Waals surface area contributed by atoms with Crippen LogP contribution in [-0.2, 0) is 10.0 Å². The van der Waals surface area contributed by atoms with Gasteiger partial charge in [0, 0.05) is 24.5 Å². The Kier molecular flexibility index (Phi) is 5.63. The fraction of sp³-hybridized carbons (Fsp3) is 0.294. The largest absolute Gasteiger partial charge is 0.384 e. The molecule has 5 nitrogen and oxygen atoms in total. The summed E-state index contributed by atoms with van der Waals surface area (Å²) in [6.45, 7) is 3.69. The molecule has 2 N–H and O–H groups in total. The van der Waals surface area contributed by atoms with E-state index in [0.717, 1.165) is 24.3 Å². The predicted octanol–water partition coefficient (Wildman–Crippen LogP) is 2.77. The van der Waals surface area contributed by atoms with E-state index in [9.17, 15) is 8.42 Å². The van der Waals surface area contributed by atoms with Gasteiger partial charge >= 0.3 is 0 Å². The molecular formula is C17H23N3O2S. The lowest BCUT2D eigenvalue weighted by atomic mass is 10.2. The second-order valence-corrected chi connectivity index (χ2v) is 7.41. The standard InChI is InChI=1S/C17H23N3O2S/c1-14-4-10-17(11-5-14)23(21,22)19-16-8-6-15(7-9-16)18-12-13-20(2)3/h4-11,18-19H,12-13H2,1-3H3. The Morgan fingerprint density at radius 1 is 0.913 bits per heavy atom. The first-order valence-electron chi connectivity index (χ1n) is 7.45. The van der Waals surface area contributed by atoms with Gasteiger partial charge in [-0.1, -0.05) is 17.7 Å². The van der Waals surface area contributed by atoms with Crippen LogP contribution in [0.2, 0.25) is 0 Å². The van der Waals surface area contributed by atoms with Gasteiger partial charge in [-0.25, -0.2) is 8.42 Å². The van der Waals surface area contributed by atoms with E-state index in [1.165, 1.54) is 0 Å². The number of hydrogen-bond donors (Lipinski definition) is 2. The third-order valence-electron chi connectivity index (χ3n) is 3.36. The number of rotatable bonds is 7. The number of benzene rings is 2. The summed E-state index contributed by atoms with van der Waals surface area (Å²) >= 11 is 0. The Morgan fingerprint density at radius 2 is 1.48 bits per heavy atom. The molecule has 0 spiro atoms. The summed E-state index contributed by atoms with van der Waals surface area (Å²) in [7, 11) is 0.489. The van der Waals surface area contributed by atoms with E-state index in [4.69, 9.17) is 0 Å². The zero-order chi connectivity index (χ0) is 16.9. The first-order valence-corrected chi connectivity index (χ1v) is 8.93. The molecular weight excluding hydrogens is 310 g/mol. The first-order chi connectivity index (χ1) is 10.9. The summed E-state index contributed by atoms with van der Waals surface area (Å²) in [5.74, 6) is 0. The van der Waals surface area contributed by atoms with Crippen LogP contribution in [0.5, 0.6) is 0 Å². The van der Waals surface area contributed by atoms with Gasteiger partial charge in [-0.2, -0.15) is 0 Å². The molecule has 0 bridgehead atoms. The normalized spacial score (nSPS) is 11.5. The Hall–Kier alpha value is -2.05. The zero-order valence-electron chi connectivity index (χ0n) is 13.7. The van der Waals surface area contributed by atoms with Gasteiger partial charge in [0.2, 0.25) is 0 Å². The van der Waals surface area contributed by atoms with Crippen molar-refractivity contribution in [1.82, 2.24) is 4.90 Å². The monoisotopic (exact) mass is 333 g/mol. The third-order valence-corrected chi connectivity index (χ3v) is 4.75. The Labute approximate surface area is 138 Å². The Balaban J connectivity index is 2.01. The smallest absolute Gasteiger partial charge is 0.261 e. The summed E-state index contributed by atoms with van der Waals surface area (Å²) in [5, 5.41) is 3.29. The van der Waals surface area contributed by atoms with Crippen molar-refractivity contribution in [3.63, 3.8) is 0 Å². The Bertz CT molecular complexity index is 723. The minimum atomic E-state index is -3.55. The minimum absolute atomic E-state index is 0.260. The quantitative estimate of drug-likeness (QED) is 0.818. The molecule has 0 aliphatic rings. The number of sulfonamides is 1. The van der Waals surface area contributed by atoms with Crippen LogP contribution < -0.4 is 10.0 Å². The number of anilines is 2. The molecule has 0 amide bonds. The van der Waals surface area contributed by atoms with Crippen molar-refractivity contribution in [2.24, 2.45) is 0 Å². The topological polar surface area (TPSA) is 61.4 Å². The fourth-order valence-electron chi connectivity index (χ4n) is 2.01. The molecule has 2 aromatic rings. The van der Waals surface area contributed by atoms with E-state index in [1.54, 1.807) is 36.4 Å². The van der Waals surface area contributed by atoms with Crippen molar-refractivity contribution < 1.29 is 8.42 Å². The number of likely N-dealkylation sites (N-methyl/N-ethyl adjacent to an activating group) is 1.